The number of hydrogen-bond acceptors (Lipinski definition) is 2. The summed E-state index contributed by atoms with van der Waals surface area (Å²) in [7, 11) is 0. The van der Waals surface area contributed by atoms with E-state index in [9.17, 15) is 5.11 Å². The van der Waals surface area contributed by atoms with Gasteiger partial charge in [0.25, 0.3) is 0 Å². The molecule has 0 aromatic heterocycles. The average molecular weight is 417 g/mol. The lowest BCUT2D eigenvalue weighted by molar-refractivity contribution is 0.0672. The molecule has 5 heteroatoms. The van der Waals surface area contributed by atoms with Crippen molar-refractivity contribution in [3.8, 4) is 0 Å². The first-order chi connectivity index (χ1) is 10.1. The van der Waals surface area contributed by atoms with Crippen molar-refractivity contribution in [2.45, 2.75) is 38.7 Å². The molecule has 124 valence electrons. The smallest absolute Gasteiger partial charge is 0.191 e. The second-order valence-corrected chi connectivity index (χ2v) is 5.99. The molecule has 3 N–H and O–H groups in total. The largest absolute Gasteiger partial charge is 0.384 e. The van der Waals surface area contributed by atoms with Gasteiger partial charge in [0, 0.05) is 13.1 Å². The summed E-state index contributed by atoms with van der Waals surface area (Å²) in [5.74, 6) is 1.70. The summed E-state index contributed by atoms with van der Waals surface area (Å²) in [5, 5.41) is 17.1. The highest BCUT2D eigenvalue weighted by molar-refractivity contribution is 14.0. The van der Waals surface area contributed by atoms with E-state index in [0.717, 1.165) is 30.5 Å². The Labute approximate surface area is 150 Å². The van der Waals surface area contributed by atoms with Crippen LogP contribution >= 0.6 is 24.0 Å². The second kappa shape index (κ2) is 9.35. The Bertz CT molecular complexity index is 458. The molecule has 1 saturated carbocycles. The maximum absolute atomic E-state index is 10.6. The second-order valence-electron chi connectivity index (χ2n) is 5.99. The van der Waals surface area contributed by atoms with Crippen molar-refractivity contribution in [3.63, 3.8) is 0 Å². The third-order valence-electron chi connectivity index (χ3n) is 3.83. The van der Waals surface area contributed by atoms with Gasteiger partial charge in [-0.1, -0.05) is 43.2 Å². The van der Waals surface area contributed by atoms with Gasteiger partial charge in [-0.25, -0.2) is 4.99 Å². The Morgan fingerprint density at radius 2 is 1.95 bits per heavy atom. The minimum atomic E-state index is -0.944. The molecule has 0 heterocycles. The van der Waals surface area contributed by atoms with Crippen LogP contribution in [-0.2, 0) is 5.60 Å². The standard InChI is InChI=1S/C17H27N3O.HI/c1-3-18-16(19-12-11-14-9-10-14)20-13-17(2,21)15-7-5-4-6-8-15;/h4-8,14,21H,3,9-13H2,1-2H3,(H2,18,19,20);1H. The number of benzene rings is 1. The molecule has 1 fully saturated rings. The minimum Gasteiger partial charge on any atom is -0.384 e. The van der Waals surface area contributed by atoms with Gasteiger partial charge in [-0.15, -0.1) is 24.0 Å². The van der Waals surface area contributed by atoms with Gasteiger partial charge in [-0.05, 0) is 31.7 Å². The molecule has 0 radical (unpaired) electrons. The van der Waals surface area contributed by atoms with Crippen LogP contribution in [0.5, 0.6) is 0 Å². The van der Waals surface area contributed by atoms with E-state index in [1.807, 2.05) is 37.3 Å². The van der Waals surface area contributed by atoms with Crippen LogP contribution in [0.15, 0.2) is 35.3 Å². The molecule has 0 spiro atoms. The van der Waals surface area contributed by atoms with Gasteiger partial charge in [0.15, 0.2) is 5.96 Å². The lowest BCUT2D eigenvalue weighted by atomic mass is 9.96. The fraction of sp³-hybridized carbons (Fsp3) is 0.588. The zero-order chi connectivity index (χ0) is 15.1. The molecule has 1 unspecified atom stereocenters. The summed E-state index contributed by atoms with van der Waals surface area (Å²) in [6.45, 7) is 5.97. The third-order valence-corrected chi connectivity index (χ3v) is 3.83. The Hall–Kier alpha value is -0.820. The fourth-order valence-corrected chi connectivity index (χ4v) is 2.26. The van der Waals surface area contributed by atoms with E-state index in [1.165, 1.54) is 19.3 Å². The molecular formula is C17H28IN3O. The average Bonchev–Trinajstić information content (AvgIpc) is 3.30. The molecule has 1 atom stereocenters. The molecule has 0 aliphatic heterocycles. The Balaban J connectivity index is 0.00000242. The summed E-state index contributed by atoms with van der Waals surface area (Å²) in [6, 6.07) is 9.69. The van der Waals surface area contributed by atoms with Crippen molar-refractivity contribution < 1.29 is 5.11 Å². The van der Waals surface area contributed by atoms with Crippen molar-refractivity contribution in [1.82, 2.24) is 10.6 Å². The number of rotatable bonds is 7. The summed E-state index contributed by atoms with van der Waals surface area (Å²) in [6.07, 6.45) is 3.95. The number of hydrogen-bond donors (Lipinski definition) is 3. The van der Waals surface area contributed by atoms with Gasteiger partial charge in [0.2, 0.25) is 0 Å². The summed E-state index contributed by atoms with van der Waals surface area (Å²) >= 11 is 0. The fourth-order valence-electron chi connectivity index (χ4n) is 2.26. The van der Waals surface area contributed by atoms with Crippen molar-refractivity contribution in [2.75, 3.05) is 19.6 Å². The first-order valence-electron chi connectivity index (χ1n) is 7.92. The van der Waals surface area contributed by atoms with Gasteiger partial charge in [-0.3, -0.25) is 0 Å². The van der Waals surface area contributed by atoms with Gasteiger partial charge < -0.3 is 15.7 Å². The molecule has 0 saturated heterocycles. The molecule has 1 aromatic rings. The number of guanidine groups is 1. The van der Waals surface area contributed by atoms with E-state index in [-0.39, 0.29) is 24.0 Å². The van der Waals surface area contributed by atoms with Gasteiger partial charge in [0.05, 0.1) is 6.54 Å². The van der Waals surface area contributed by atoms with Crippen LogP contribution in [0.1, 0.15) is 38.7 Å². The van der Waals surface area contributed by atoms with Crippen LogP contribution < -0.4 is 10.6 Å². The van der Waals surface area contributed by atoms with Crippen LogP contribution in [0.3, 0.4) is 0 Å². The quantitative estimate of drug-likeness (QED) is 0.363. The van der Waals surface area contributed by atoms with Gasteiger partial charge in [-0.2, -0.15) is 0 Å². The van der Waals surface area contributed by atoms with Crippen LogP contribution in [0.4, 0.5) is 0 Å². The predicted octanol–water partition coefficient (Wildman–Crippen LogP) is 2.87. The lowest BCUT2D eigenvalue weighted by Crippen LogP contribution is -2.39. The van der Waals surface area contributed by atoms with Crippen LogP contribution in [0.25, 0.3) is 0 Å². The third kappa shape index (κ3) is 6.52. The molecular weight excluding hydrogens is 389 g/mol. The summed E-state index contributed by atoms with van der Waals surface area (Å²) in [5.41, 5.74) is -0.0531. The zero-order valence-corrected chi connectivity index (χ0v) is 15.8. The number of halogens is 1. The van der Waals surface area contributed by atoms with E-state index in [0.29, 0.717) is 6.54 Å². The van der Waals surface area contributed by atoms with Gasteiger partial charge in [0.1, 0.15) is 5.60 Å². The zero-order valence-electron chi connectivity index (χ0n) is 13.5. The molecule has 1 aliphatic carbocycles. The van der Waals surface area contributed by atoms with Crippen molar-refractivity contribution >= 4 is 29.9 Å². The number of nitrogens with one attached hydrogen (secondary N) is 2. The Morgan fingerprint density at radius 3 is 2.55 bits per heavy atom. The van der Waals surface area contributed by atoms with Crippen molar-refractivity contribution in [2.24, 2.45) is 10.9 Å². The lowest BCUT2D eigenvalue weighted by Gasteiger charge is -2.22. The maximum atomic E-state index is 10.6. The highest BCUT2D eigenvalue weighted by Crippen LogP contribution is 2.31. The molecule has 0 amide bonds. The normalized spacial score (nSPS) is 17.3. The van der Waals surface area contributed by atoms with Crippen molar-refractivity contribution in [1.29, 1.82) is 0 Å². The summed E-state index contributed by atoms with van der Waals surface area (Å²) < 4.78 is 0. The van der Waals surface area contributed by atoms with Gasteiger partial charge >= 0.3 is 0 Å². The maximum Gasteiger partial charge on any atom is 0.191 e. The molecule has 1 aromatic carbocycles. The van der Waals surface area contributed by atoms with Crippen LogP contribution in [-0.4, -0.2) is 30.7 Å². The number of aliphatic imine (C=N–C) groups is 1. The highest BCUT2D eigenvalue weighted by Gasteiger charge is 2.23. The Kier molecular flexibility index (Phi) is 8.17. The minimum absolute atomic E-state index is 0. The molecule has 2 rings (SSSR count). The molecule has 4 nitrogen and oxygen atoms in total. The number of aliphatic hydroxyl groups is 1. The first-order valence-corrected chi connectivity index (χ1v) is 7.92. The van der Waals surface area contributed by atoms with E-state index in [4.69, 9.17) is 0 Å². The van der Waals surface area contributed by atoms with Crippen LogP contribution in [0, 0.1) is 5.92 Å². The number of nitrogens with zero attached hydrogens (tertiary/aromatic N) is 1. The molecule has 0 bridgehead atoms. The van der Waals surface area contributed by atoms with E-state index in [1.54, 1.807) is 6.92 Å². The van der Waals surface area contributed by atoms with Crippen molar-refractivity contribution in [3.05, 3.63) is 35.9 Å². The summed E-state index contributed by atoms with van der Waals surface area (Å²) in [4.78, 5) is 4.52. The van der Waals surface area contributed by atoms with E-state index < -0.39 is 5.60 Å². The first kappa shape index (κ1) is 19.2. The SMILES string of the molecule is CCNC(=NCC(C)(O)c1ccccc1)NCCC1CC1.I. The van der Waals surface area contributed by atoms with E-state index in [2.05, 4.69) is 15.6 Å². The molecule has 22 heavy (non-hydrogen) atoms. The van der Waals surface area contributed by atoms with Crippen LogP contribution in [0.2, 0.25) is 0 Å². The predicted molar refractivity (Wildman–Crippen MR) is 103 cm³/mol. The monoisotopic (exact) mass is 417 g/mol. The molecule has 1 aliphatic rings. The Morgan fingerprint density at radius 1 is 1.27 bits per heavy atom. The van der Waals surface area contributed by atoms with E-state index >= 15 is 0 Å². The topological polar surface area (TPSA) is 56.7 Å². The highest BCUT2D eigenvalue weighted by atomic mass is 127.